The van der Waals surface area contributed by atoms with Crippen LogP contribution in [0, 0.1) is 0 Å². The maximum absolute atomic E-state index is 13.9. The van der Waals surface area contributed by atoms with E-state index in [2.05, 4.69) is 15.3 Å². The van der Waals surface area contributed by atoms with Crippen molar-refractivity contribution in [1.29, 1.82) is 0 Å². The van der Waals surface area contributed by atoms with Crippen LogP contribution in [0.1, 0.15) is 76.2 Å². The summed E-state index contributed by atoms with van der Waals surface area (Å²) in [4.78, 5) is 107. The van der Waals surface area contributed by atoms with Gasteiger partial charge in [-0.05, 0) is 47.1 Å². The molecule has 17 heteroatoms. The third kappa shape index (κ3) is 10.4. The van der Waals surface area contributed by atoms with E-state index in [0.29, 0.717) is 39.9 Å². The predicted octanol–water partition coefficient (Wildman–Crippen LogP) is 1.26. The van der Waals surface area contributed by atoms with E-state index in [1.807, 2.05) is 0 Å². The summed E-state index contributed by atoms with van der Waals surface area (Å²) >= 11 is 0. The summed E-state index contributed by atoms with van der Waals surface area (Å²) in [5, 5.41) is 3.03. The first-order valence-electron chi connectivity index (χ1n) is 16.6. The zero-order valence-electron chi connectivity index (χ0n) is 30.6. The van der Waals surface area contributed by atoms with Crippen molar-refractivity contribution in [2.24, 2.45) is 0 Å². The van der Waals surface area contributed by atoms with E-state index in [4.69, 9.17) is 28.4 Å². The number of esters is 6. The van der Waals surface area contributed by atoms with Gasteiger partial charge < -0.3 is 43.7 Å². The minimum Gasteiger partial charge on any atom is -0.469 e. The molecule has 0 spiro atoms. The second-order valence-corrected chi connectivity index (χ2v) is 12.2. The Morgan fingerprint density at radius 3 is 1.66 bits per heavy atom. The van der Waals surface area contributed by atoms with Gasteiger partial charge in [-0.1, -0.05) is 0 Å². The molecule has 2 aromatic rings. The van der Waals surface area contributed by atoms with Crippen LogP contribution < -0.4 is 5.32 Å². The molecule has 3 heterocycles. The van der Waals surface area contributed by atoms with Gasteiger partial charge in [-0.2, -0.15) is 0 Å². The lowest BCUT2D eigenvalue weighted by atomic mass is 9.77. The molecule has 1 aliphatic heterocycles. The molecule has 0 aliphatic carbocycles. The number of hydrogen-bond donors (Lipinski definition) is 3. The molecule has 1 amide bonds. The van der Waals surface area contributed by atoms with Crippen LogP contribution in [-0.2, 0) is 101 Å². The SMILES string of the molecule is COC(=O)CCC1=C(CC(=O)OC)C(Cc2[nH]cc(CC(=O)OC)c2CCC(=O)OC)(Cc2[nH]c(C=O)c(CCC(=O)OC)c2CC(=O)OC)NC1=O. The second-order valence-electron chi connectivity index (χ2n) is 12.2. The van der Waals surface area contributed by atoms with Crippen molar-refractivity contribution in [3.05, 3.63) is 56.7 Å². The van der Waals surface area contributed by atoms with E-state index in [1.54, 1.807) is 6.20 Å². The number of hydrogen-bond acceptors (Lipinski definition) is 14. The smallest absolute Gasteiger partial charge is 0.310 e. The normalized spacial score (nSPS) is 15.0. The minimum atomic E-state index is -1.50. The Bertz CT molecular complexity index is 1770. The van der Waals surface area contributed by atoms with Gasteiger partial charge in [0.25, 0.3) is 0 Å². The van der Waals surface area contributed by atoms with Gasteiger partial charge in [-0.25, -0.2) is 0 Å². The van der Waals surface area contributed by atoms with E-state index in [1.165, 1.54) is 42.7 Å². The maximum Gasteiger partial charge on any atom is 0.310 e. The van der Waals surface area contributed by atoms with Gasteiger partial charge in [-0.15, -0.1) is 0 Å². The number of aromatic nitrogens is 2. The number of amides is 1. The number of methoxy groups -OCH3 is 6. The van der Waals surface area contributed by atoms with Gasteiger partial charge in [0, 0.05) is 55.3 Å². The molecular formula is C36H45N3O14. The van der Waals surface area contributed by atoms with Gasteiger partial charge in [0.05, 0.1) is 73.2 Å². The van der Waals surface area contributed by atoms with Crippen LogP contribution in [0.2, 0.25) is 0 Å². The minimum absolute atomic E-state index is 0.0172. The Labute approximate surface area is 305 Å². The topological polar surface area (TPSA) is 236 Å². The van der Waals surface area contributed by atoms with E-state index in [-0.39, 0.29) is 81.0 Å². The summed E-state index contributed by atoms with van der Waals surface area (Å²) in [6, 6.07) is 0. The quantitative estimate of drug-likeness (QED) is 0.0984. The molecule has 288 valence electrons. The van der Waals surface area contributed by atoms with Crippen molar-refractivity contribution in [2.75, 3.05) is 42.7 Å². The molecule has 17 nitrogen and oxygen atoms in total. The summed E-state index contributed by atoms with van der Waals surface area (Å²) in [6.07, 6.45) is 0.680. The first kappa shape index (κ1) is 41.7. The summed E-state index contributed by atoms with van der Waals surface area (Å²) in [6.45, 7) is 0. The van der Waals surface area contributed by atoms with Gasteiger partial charge in [0.15, 0.2) is 6.29 Å². The fraction of sp³-hybridized carbons (Fsp3) is 0.500. The number of carbonyl (C=O) groups excluding carboxylic acids is 8. The lowest BCUT2D eigenvalue weighted by Gasteiger charge is -2.33. The molecule has 2 aromatic heterocycles. The highest BCUT2D eigenvalue weighted by molar-refractivity contribution is 6.00. The van der Waals surface area contributed by atoms with Gasteiger partial charge in [0.1, 0.15) is 0 Å². The van der Waals surface area contributed by atoms with E-state index in [9.17, 15) is 38.4 Å². The Hall–Kier alpha value is -5.74. The molecule has 53 heavy (non-hydrogen) atoms. The first-order valence-corrected chi connectivity index (χ1v) is 16.6. The number of nitrogens with one attached hydrogen (secondary N) is 3. The van der Waals surface area contributed by atoms with Crippen LogP contribution in [0.25, 0.3) is 0 Å². The van der Waals surface area contributed by atoms with Crippen molar-refractivity contribution in [2.45, 2.75) is 76.2 Å². The molecular weight excluding hydrogens is 698 g/mol. The molecule has 3 rings (SSSR count). The van der Waals surface area contributed by atoms with Crippen molar-refractivity contribution in [3.8, 4) is 0 Å². The lowest BCUT2D eigenvalue weighted by Crippen LogP contribution is -2.49. The largest absolute Gasteiger partial charge is 0.469 e. The molecule has 3 N–H and O–H groups in total. The van der Waals surface area contributed by atoms with Crippen LogP contribution in [0.3, 0.4) is 0 Å². The Kier molecular flexibility index (Phi) is 15.1. The summed E-state index contributed by atoms with van der Waals surface area (Å²) in [5.74, 6) is -4.16. The average molecular weight is 744 g/mol. The first-order chi connectivity index (χ1) is 25.3. The molecule has 0 aromatic carbocycles. The van der Waals surface area contributed by atoms with Crippen molar-refractivity contribution in [1.82, 2.24) is 15.3 Å². The van der Waals surface area contributed by atoms with Gasteiger partial charge >= 0.3 is 35.8 Å². The molecule has 0 saturated heterocycles. The molecule has 0 fully saturated rings. The fourth-order valence-corrected chi connectivity index (χ4v) is 6.53. The number of aromatic amines is 2. The van der Waals surface area contributed by atoms with Crippen molar-refractivity contribution in [3.63, 3.8) is 0 Å². The Balaban J connectivity index is 2.35. The molecule has 1 atom stereocenters. The monoisotopic (exact) mass is 743 g/mol. The number of rotatable bonds is 20. The molecule has 0 radical (unpaired) electrons. The summed E-state index contributed by atoms with van der Waals surface area (Å²) in [7, 11) is 7.28. The standard InChI is InChI=1S/C36H45N3O14/c1-48-29(41)10-7-21-20(13-32(44)51-4)18-37-26(21)16-36(25(15-34(46)53-6)23(35(47)39-36)9-12-31(43)50-3)17-27-24(14-33(45)52-5)22(28(19-40)38-27)8-11-30(42)49-2/h18-19,37-38H,7-17H2,1-6H3,(H,39,47). The van der Waals surface area contributed by atoms with Gasteiger partial charge in [-0.3, -0.25) is 38.4 Å². The number of ether oxygens (including phenoxy) is 6. The van der Waals surface area contributed by atoms with Gasteiger partial charge in [0.2, 0.25) is 5.91 Å². The Morgan fingerprint density at radius 2 is 1.11 bits per heavy atom. The van der Waals surface area contributed by atoms with Crippen LogP contribution in [0.4, 0.5) is 0 Å². The average Bonchev–Trinajstić information content (AvgIpc) is 3.77. The zero-order chi connectivity index (χ0) is 39.3. The number of H-pyrrole nitrogens is 2. The molecule has 0 bridgehead atoms. The lowest BCUT2D eigenvalue weighted by molar-refractivity contribution is -0.141. The third-order valence-electron chi connectivity index (χ3n) is 9.24. The number of aldehydes is 1. The third-order valence-corrected chi connectivity index (χ3v) is 9.24. The van der Waals surface area contributed by atoms with E-state index in [0.717, 1.165) is 0 Å². The van der Waals surface area contributed by atoms with Crippen LogP contribution >= 0.6 is 0 Å². The zero-order valence-corrected chi connectivity index (χ0v) is 30.6. The van der Waals surface area contributed by atoms with E-state index < -0.39 is 53.7 Å². The van der Waals surface area contributed by atoms with Crippen molar-refractivity contribution < 1.29 is 66.8 Å². The molecule has 0 saturated carbocycles. The highest BCUT2D eigenvalue weighted by Gasteiger charge is 2.47. The van der Waals surface area contributed by atoms with Crippen LogP contribution in [0.5, 0.6) is 0 Å². The number of carbonyl (C=O) groups is 8. The fourth-order valence-electron chi connectivity index (χ4n) is 6.53. The van der Waals surface area contributed by atoms with Crippen molar-refractivity contribution >= 4 is 48.0 Å². The second kappa shape index (κ2) is 19.2. The molecule has 1 aliphatic rings. The highest BCUT2D eigenvalue weighted by atomic mass is 16.5. The van der Waals surface area contributed by atoms with E-state index >= 15 is 0 Å². The van der Waals surface area contributed by atoms with Crippen LogP contribution in [0.15, 0.2) is 17.3 Å². The maximum atomic E-state index is 13.9. The Morgan fingerprint density at radius 1 is 0.623 bits per heavy atom. The highest BCUT2D eigenvalue weighted by Crippen LogP contribution is 2.40. The van der Waals surface area contributed by atoms with Crippen LogP contribution in [-0.4, -0.2) is 106 Å². The molecule has 1 unspecified atom stereocenters. The predicted molar refractivity (Wildman–Crippen MR) is 182 cm³/mol. The summed E-state index contributed by atoms with van der Waals surface area (Å²) in [5.41, 5.74) is 1.52. The summed E-state index contributed by atoms with van der Waals surface area (Å²) < 4.78 is 29.3.